The molecular formula is C22H29N5O2S. The predicted molar refractivity (Wildman–Crippen MR) is 118 cm³/mol. The van der Waals surface area contributed by atoms with E-state index in [0.717, 1.165) is 43.3 Å². The summed E-state index contributed by atoms with van der Waals surface area (Å²) < 4.78 is 4.54. The van der Waals surface area contributed by atoms with Crippen LogP contribution in [0, 0.1) is 12.8 Å². The summed E-state index contributed by atoms with van der Waals surface area (Å²) in [7, 11) is 0. The van der Waals surface area contributed by atoms with Gasteiger partial charge in [-0.15, -0.1) is 0 Å². The van der Waals surface area contributed by atoms with E-state index in [9.17, 15) is 9.59 Å². The van der Waals surface area contributed by atoms with Crippen LogP contribution in [0.1, 0.15) is 36.7 Å². The number of carbonyl (C=O) groups excluding carboxylic acids is 2. The molecule has 2 aliphatic heterocycles. The van der Waals surface area contributed by atoms with Gasteiger partial charge in [0.2, 0.25) is 16.9 Å². The predicted octanol–water partition coefficient (Wildman–Crippen LogP) is 2.34. The Balaban J connectivity index is 1.27. The Kier molecular flexibility index (Phi) is 6.32. The van der Waals surface area contributed by atoms with Gasteiger partial charge < -0.3 is 14.7 Å². The molecule has 160 valence electrons. The quantitative estimate of drug-likeness (QED) is 0.749. The number of anilines is 1. The minimum absolute atomic E-state index is 0.0741. The van der Waals surface area contributed by atoms with E-state index in [1.165, 1.54) is 22.7 Å². The minimum Gasteiger partial charge on any atom is -0.347 e. The number of aromatic nitrogens is 2. The van der Waals surface area contributed by atoms with E-state index in [4.69, 9.17) is 4.98 Å². The lowest BCUT2D eigenvalue weighted by Crippen LogP contribution is -2.52. The van der Waals surface area contributed by atoms with Gasteiger partial charge in [-0.3, -0.25) is 9.59 Å². The molecule has 7 nitrogen and oxygen atoms in total. The van der Waals surface area contributed by atoms with Gasteiger partial charge in [0.05, 0.1) is 0 Å². The van der Waals surface area contributed by atoms with Crippen LogP contribution in [0.25, 0.3) is 0 Å². The molecule has 0 radical (unpaired) electrons. The number of rotatable bonds is 4. The Bertz CT molecular complexity index is 881. The third-order valence-electron chi connectivity index (χ3n) is 6.09. The van der Waals surface area contributed by atoms with Crippen molar-refractivity contribution in [3.63, 3.8) is 0 Å². The second-order valence-corrected chi connectivity index (χ2v) is 8.98. The number of hydrogen-bond donors (Lipinski definition) is 0. The van der Waals surface area contributed by atoms with E-state index in [1.54, 1.807) is 6.92 Å². The van der Waals surface area contributed by atoms with Crippen molar-refractivity contribution in [2.45, 2.75) is 33.1 Å². The van der Waals surface area contributed by atoms with Gasteiger partial charge in [0, 0.05) is 70.1 Å². The molecule has 30 heavy (non-hydrogen) atoms. The van der Waals surface area contributed by atoms with Gasteiger partial charge in [0.15, 0.2) is 0 Å². The Labute approximate surface area is 181 Å². The fraction of sp³-hybridized carbons (Fsp3) is 0.545. The minimum atomic E-state index is 0.0741. The van der Waals surface area contributed by atoms with E-state index in [0.29, 0.717) is 26.2 Å². The van der Waals surface area contributed by atoms with Crippen molar-refractivity contribution in [2.75, 3.05) is 44.2 Å². The van der Waals surface area contributed by atoms with Crippen molar-refractivity contribution in [1.29, 1.82) is 0 Å². The molecule has 2 fully saturated rings. The zero-order valence-corrected chi connectivity index (χ0v) is 18.5. The molecule has 0 bridgehead atoms. The lowest BCUT2D eigenvalue weighted by Gasteiger charge is -2.38. The SMILES string of the molecule is CC(=O)N1CCN(C(=O)C2CCN(c3nc(Cc4ccc(C)cc4)ns3)CC2)CC1. The van der Waals surface area contributed by atoms with Crippen LogP contribution in [0.2, 0.25) is 0 Å². The first-order valence-corrected chi connectivity index (χ1v) is 11.4. The van der Waals surface area contributed by atoms with Gasteiger partial charge >= 0.3 is 0 Å². The first-order valence-electron chi connectivity index (χ1n) is 10.7. The van der Waals surface area contributed by atoms with Gasteiger partial charge in [-0.05, 0) is 25.3 Å². The molecule has 3 heterocycles. The highest BCUT2D eigenvalue weighted by Crippen LogP contribution is 2.27. The van der Waals surface area contributed by atoms with E-state index < -0.39 is 0 Å². The van der Waals surface area contributed by atoms with Gasteiger partial charge in [-0.25, -0.2) is 4.98 Å². The van der Waals surface area contributed by atoms with Crippen molar-refractivity contribution >= 4 is 28.5 Å². The van der Waals surface area contributed by atoms with Crippen molar-refractivity contribution < 1.29 is 9.59 Å². The third kappa shape index (κ3) is 4.80. The van der Waals surface area contributed by atoms with Gasteiger partial charge in [-0.2, -0.15) is 4.37 Å². The molecule has 0 atom stereocenters. The molecule has 1 aromatic heterocycles. The number of aryl methyl sites for hydroxylation is 1. The van der Waals surface area contributed by atoms with Gasteiger partial charge in [0.1, 0.15) is 5.82 Å². The number of carbonyl (C=O) groups is 2. The molecule has 0 aliphatic carbocycles. The summed E-state index contributed by atoms with van der Waals surface area (Å²) in [5, 5.41) is 0.957. The van der Waals surface area contributed by atoms with Crippen molar-refractivity contribution in [3.8, 4) is 0 Å². The number of piperidine rings is 1. The van der Waals surface area contributed by atoms with Gasteiger partial charge in [0.25, 0.3) is 0 Å². The van der Waals surface area contributed by atoms with Crippen molar-refractivity contribution in [3.05, 3.63) is 41.2 Å². The fourth-order valence-corrected chi connectivity index (χ4v) is 4.89. The Morgan fingerprint density at radius 2 is 1.63 bits per heavy atom. The lowest BCUT2D eigenvalue weighted by molar-refractivity contribution is -0.141. The summed E-state index contributed by atoms with van der Waals surface area (Å²) in [6, 6.07) is 8.49. The van der Waals surface area contributed by atoms with Gasteiger partial charge in [-0.1, -0.05) is 29.8 Å². The highest BCUT2D eigenvalue weighted by Gasteiger charge is 2.31. The van der Waals surface area contributed by atoms with E-state index in [1.807, 2.05) is 9.80 Å². The molecule has 2 aromatic rings. The number of benzene rings is 1. The van der Waals surface area contributed by atoms with E-state index >= 15 is 0 Å². The molecule has 1 aromatic carbocycles. The van der Waals surface area contributed by atoms with Crippen LogP contribution in [0.4, 0.5) is 5.13 Å². The second kappa shape index (κ2) is 9.12. The Morgan fingerprint density at radius 1 is 1.00 bits per heavy atom. The van der Waals surface area contributed by atoms with E-state index in [2.05, 4.69) is 40.5 Å². The largest absolute Gasteiger partial charge is 0.347 e. The van der Waals surface area contributed by atoms with Crippen LogP contribution in [-0.4, -0.2) is 70.2 Å². The molecule has 0 saturated carbocycles. The average Bonchev–Trinajstić information content (AvgIpc) is 3.23. The smallest absolute Gasteiger partial charge is 0.225 e. The number of nitrogens with zero attached hydrogens (tertiary/aromatic N) is 5. The zero-order valence-electron chi connectivity index (χ0n) is 17.7. The van der Waals surface area contributed by atoms with Crippen molar-refractivity contribution in [1.82, 2.24) is 19.2 Å². The fourth-order valence-electron chi connectivity index (χ4n) is 4.15. The molecule has 0 spiro atoms. The molecular weight excluding hydrogens is 398 g/mol. The summed E-state index contributed by atoms with van der Waals surface area (Å²) in [6.07, 6.45) is 2.44. The summed E-state index contributed by atoms with van der Waals surface area (Å²) in [5.74, 6) is 1.27. The molecule has 2 saturated heterocycles. The normalized spacial score (nSPS) is 18.0. The Hall–Kier alpha value is -2.48. The maximum absolute atomic E-state index is 12.9. The lowest BCUT2D eigenvalue weighted by atomic mass is 9.95. The first kappa shape index (κ1) is 20.8. The highest BCUT2D eigenvalue weighted by molar-refractivity contribution is 7.09. The molecule has 0 unspecified atom stereocenters. The van der Waals surface area contributed by atoms with Crippen LogP contribution < -0.4 is 4.90 Å². The van der Waals surface area contributed by atoms with Crippen LogP contribution in [0.5, 0.6) is 0 Å². The zero-order chi connectivity index (χ0) is 21.1. The van der Waals surface area contributed by atoms with Crippen LogP contribution in [0.3, 0.4) is 0 Å². The Morgan fingerprint density at radius 3 is 2.27 bits per heavy atom. The topological polar surface area (TPSA) is 69.6 Å². The first-order chi connectivity index (χ1) is 14.5. The number of amides is 2. The maximum Gasteiger partial charge on any atom is 0.225 e. The summed E-state index contributed by atoms with van der Waals surface area (Å²) in [4.78, 5) is 35.1. The third-order valence-corrected chi connectivity index (χ3v) is 6.91. The van der Waals surface area contributed by atoms with Crippen LogP contribution in [0.15, 0.2) is 24.3 Å². The summed E-state index contributed by atoms with van der Waals surface area (Å²) in [5.41, 5.74) is 2.47. The molecule has 0 N–H and O–H groups in total. The molecule has 8 heteroatoms. The summed E-state index contributed by atoms with van der Waals surface area (Å²) >= 11 is 1.45. The molecule has 2 aliphatic rings. The maximum atomic E-state index is 12.9. The monoisotopic (exact) mass is 427 g/mol. The molecule has 2 amide bonds. The van der Waals surface area contributed by atoms with Crippen LogP contribution in [-0.2, 0) is 16.0 Å². The average molecular weight is 428 g/mol. The van der Waals surface area contributed by atoms with Crippen LogP contribution >= 0.6 is 11.5 Å². The second-order valence-electron chi connectivity index (χ2n) is 8.25. The van der Waals surface area contributed by atoms with E-state index in [-0.39, 0.29) is 17.7 Å². The number of hydrogen-bond acceptors (Lipinski definition) is 6. The van der Waals surface area contributed by atoms with Crippen molar-refractivity contribution in [2.24, 2.45) is 5.92 Å². The standard InChI is InChI=1S/C22H29N5O2S/c1-16-3-5-18(6-4-16)15-20-23-22(30-24-20)27-9-7-19(8-10-27)21(29)26-13-11-25(12-14-26)17(2)28/h3-6,19H,7-15H2,1-2H3. The molecule has 4 rings (SSSR count). The number of piperazine rings is 1. The summed E-state index contributed by atoms with van der Waals surface area (Å²) in [6.45, 7) is 7.94. The highest BCUT2D eigenvalue weighted by atomic mass is 32.1.